The Bertz CT molecular complexity index is 311. The number of aromatic nitrogens is 2. The molecule has 0 unspecified atom stereocenters. The predicted octanol–water partition coefficient (Wildman–Crippen LogP) is 1.67. The Morgan fingerprint density at radius 3 is 2.73 bits per heavy atom. The van der Waals surface area contributed by atoms with Gasteiger partial charge in [0.2, 0.25) is 0 Å². The molecule has 0 spiro atoms. The monoisotopic (exact) mass is 143 g/mol. The van der Waals surface area contributed by atoms with Crippen LogP contribution in [0.15, 0.2) is 42.7 Å². The largest absolute Gasteiger partial charge is 0.241 e. The molecule has 0 N–H and O–H groups in total. The molecule has 1 aromatic carbocycles. The standard InChI is InChI=1S/C9H7N2/c1-2-5-9(6-3-1)11-8-4-7-10-11/h2-8H. The van der Waals surface area contributed by atoms with Crippen LogP contribution in [-0.4, -0.2) is 9.78 Å². The lowest BCUT2D eigenvalue weighted by Crippen LogP contribution is -1.92. The Balaban J connectivity index is 2.46. The van der Waals surface area contributed by atoms with Crippen molar-refractivity contribution in [2.24, 2.45) is 0 Å². The van der Waals surface area contributed by atoms with Crippen molar-refractivity contribution in [3.63, 3.8) is 0 Å². The van der Waals surface area contributed by atoms with Crippen molar-refractivity contribution in [3.8, 4) is 5.69 Å². The second-order valence-corrected chi connectivity index (χ2v) is 2.21. The molecule has 53 valence electrons. The van der Waals surface area contributed by atoms with Crippen molar-refractivity contribution in [2.45, 2.75) is 0 Å². The van der Waals surface area contributed by atoms with Crippen LogP contribution in [0.25, 0.3) is 5.69 Å². The zero-order valence-electron chi connectivity index (χ0n) is 5.94. The van der Waals surface area contributed by atoms with E-state index in [2.05, 4.69) is 11.2 Å². The van der Waals surface area contributed by atoms with Gasteiger partial charge in [-0.05, 0) is 24.3 Å². The second kappa shape index (κ2) is 2.58. The summed E-state index contributed by atoms with van der Waals surface area (Å²) in [6, 6.07) is 12.5. The van der Waals surface area contributed by atoms with Gasteiger partial charge >= 0.3 is 0 Å². The molecule has 2 rings (SSSR count). The highest BCUT2D eigenvalue weighted by Gasteiger charge is 1.90. The molecule has 0 fully saturated rings. The molecule has 0 amide bonds. The van der Waals surface area contributed by atoms with Crippen molar-refractivity contribution in [2.75, 3.05) is 0 Å². The van der Waals surface area contributed by atoms with Crippen LogP contribution >= 0.6 is 0 Å². The number of hydrogen-bond donors (Lipinski definition) is 0. The van der Waals surface area contributed by atoms with E-state index in [1.54, 1.807) is 6.20 Å². The van der Waals surface area contributed by atoms with Crippen LogP contribution in [0.5, 0.6) is 0 Å². The molecule has 0 bridgehead atoms. The quantitative estimate of drug-likeness (QED) is 0.593. The van der Waals surface area contributed by atoms with Gasteiger partial charge in [-0.1, -0.05) is 12.1 Å². The molecule has 2 aromatic rings. The van der Waals surface area contributed by atoms with E-state index >= 15 is 0 Å². The molecule has 0 saturated carbocycles. The molecule has 0 aliphatic rings. The van der Waals surface area contributed by atoms with Crippen LogP contribution in [0.4, 0.5) is 0 Å². The number of hydrogen-bond acceptors (Lipinski definition) is 1. The highest BCUT2D eigenvalue weighted by Crippen LogP contribution is 2.02. The van der Waals surface area contributed by atoms with E-state index in [1.807, 2.05) is 41.2 Å². The number of rotatable bonds is 1. The second-order valence-electron chi connectivity index (χ2n) is 2.21. The summed E-state index contributed by atoms with van der Waals surface area (Å²) in [4.78, 5) is 0. The van der Waals surface area contributed by atoms with E-state index in [9.17, 15) is 0 Å². The highest BCUT2D eigenvalue weighted by molar-refractivity contribution is 5.29. The Morgan fingerprint density at radius 2 is 2.09 bits per heavy atom. The van der Waals surface area contributed by atoms with Gasteiger partial charge in [-0.25, -0.2) is 4.68 Å². The first-order valence-electron chi connectivity index (χ1n) is 3.43. The van der Waals surface area contributed by atoms with Crippen LogP contribution in [0, 0.1) is 6.07 Å². The zero-order valence-corrected chi connectivity index (χ0v) is 5.94. The van der Waals surface area contributed by atoms with Crippen molar-refractivity contribution < 1.29 is 0 Å². The molecule has 2 heteroatoms. The van der Waals surface area contributed by atoms with Crippen LogP contribution in [0.3, 0.4) is 0 Å². The van der Waals surface area contributed by atoms with Crippen LogP contribution < -0.4 is 0 Å². The minimum absolute atomic E-state index is 1.06. The summed E-state index contributed by atoms with van der Waals surface area (Å²) in [5.41, 5.74) is 1.06. The first-order valence-corrected chi connectivity index (χ1v) is 3.43. The molecule has 0 saturated heterocycles. The lowest BCUT2D eigenvalue weighted by atomic mass is 10.3. The van der Waals surface area contributed by atoms with Crippen molar-refractivity contribution in [1.82, 2.24) is 9.78 Å². The first-order chi connectivity index (χ1) is 5.47. The Morgan fingerprint density at radius 1 is 1.27 bits per heavy atom. The molecule has 0 aliphatic carbocycles. The molecular formula is C9H7N2. The predicted molar refractivity (Wildman–Crippen MR) is 42.4 cm³/mol. The average Bonchev–Trinajstić information content (AvgIpc) is 2.58. The van der Waals surface area contributed by atoms with Gasteiger partial charge in [0.05, 0.1) is 5.69 Å². The zero-order chi connectivity index (χ0) is 7.52. The maximum atomic E-state index is 4.09. The van der Waals surface area contributed by atoms with E-state index < -0.39 is 0 Å². The third kappa shape index (κ3) is 1.15. The minimum atomic E-state index is 1.06. The maximum Gasteiger partial charge on any atom is 0.0645 e. The third-order valence-electron chi connectivity index (χ3n) is 1.47. The fourth-order valence-corrected chi connectivity index (χ4v) is 0.952. The smallest absolute Gasteiger partial charge is 0.0645 e. The average molecular weight is 143 g/mol. The Labute approximate surface area is 65.1 Å². The summed E-state index contributed by atoms with van der Waals surface area (Å²) in [6.07, 6.45) is 3.67. The van der Waals surface area contributed by atoms with Gasteiger partial charge in [-0.15, -0.1) is 0 Å². The van der Waals surface area contributed by atoms with Crippen LogP contribution in [0.1, 0.15) is 0 Å². The molecule has 11 heavy (non-hydrogen) atoms. The van der Waals surface area contributed by atoms with E-state index in [1.165, 1.54) is 0 Å². The molecule has 1 aromatic heterocycles. The molecule has 1 radical (unpaired) electrons. The topological polar surface area (TPSA) is 17.8 Å². The molecular weight excluding hydrogens is 136 g/mol. The summed E-state index contributed by atoms with van der Waals surface area (Å²) in [5.74, 6) is 0. The van der Waals surface area contributed by atoms with Gasteiger partial charge in [0.15, 0.2) is 0 Å². The fourth-order valence-electron chi connectivity index (χ4n) is 0.952. The number of nitrogens with zero attached hydrogens (tertiary/aromatic N) is 2. The Hall–Kier alpha value is -1.57. The summed E-state index contributed by atoms with van der Waals surface area (Å²) in [6.45, 7) is 0. The molecule has 2 nitrogen and oxygen atoms in total. The van der Waals surface area contributed by atoms with Gasteiger partial charge in [0.25, 0.3) is 0 Å². The van der Waals surface area contributed by atoms with Gasteiger partial charge in [0, 0.05) is 12.4 Å². The minimum Gasteiger partial charge on any atom is -0.241 e. The summed E-state index contributed by atoms with van der Waals surface area (Å²) in [7, 11) is 0. The van der Waals surface area contributed by atoms with E-state index in [0.29, 0.717) is 0 Å². The summed E-state index contributed by atoms with van der Waals surface area (Å²) in [5, 5.41) is 4.09. The van der Waals surface area contributed by atoms with E-state index in [0.717, 1.165) is 5.69 Å². The van der Waals surface area contributed by atoms with E-state index in [-0.39, 0.29) is 0 Å². The van der Waals surface area contributed by atoms with E-state index in [4.69, 9.17) is 0 Å². The van der Waals surface area contributed by atoms with Crippen molar-refractivity contribution in [3.05, 3.63) is 48.8 Å². The van der Waals surface area contributed by atoms with Crippen LogP contribution in [-0.2, 0) is 0 Å². The first kappa shape index (κ1) is 6.16. The van der Waals surface area contributed by atoms with Gasteiger partial charge in [-0.3, -0.25) is 0 Å². The molecule has 1 heterocycles. The van der Waals surface area contributed by atoms with Crippen LogP contribution in [0.2, 0.25) is 0 Å². The lowest BCUT2D eigenvalue weighted by molar-refractivity contribution is 0.880. The highest BCUT2D eigenvalue weighted by atomic mass is 15.3. The fraction of sp³-hybridized carbons (Fsp3) is 0. The normalized spacial score (nSPS) is 9.82. The van der Waals surface area contributed by atoms with Gasteiger partial charge in [0.1, 0.15) is 0 Å². The molecule has 0 aliphatic heterocycles. The molecule has 0 atom stereocenters. The summed E-state index contributed by atoms with van der Waals surface area (Å²) < 4.78 is 1.81. The van der Waals surface area contributed by atoms with Gasteiger partial charge in [-0.2, -0.15) is 5.10 Å². The third-order valence-corrected chi connectivity index (χ3v) is 1.47. The van der Waals surface area contributed by atoms with Gasteiger partial charge < -0.3 is 0 Å². The Kier molecular flexibility index (Phi) is 1.44. The maximum absolute atomic E-state index is 4.09. The SMILES string of the molecule is [c]1ccc(-n2cccn2)cc1. The lowest BCUT2D eigenvalue weighted by Gasteiger charge is -1.97. The van der Waals surface area contributed by atoms with Crippen molar-refractivity contribution in [1.29, 1.82) is 0 Å². The van der Waals surface area contributed by atoms with Crippen molar-refractivity contribution >= 4 is 0 Å². The number of benzene rings is 1. The summed E-state index contributed by atoms with van der Waals surface area (Å²) >= 11 is 0.